The lowest BCUT2D eigenvalue weighted by molar-refractivity contribution is 0.0621. The van der Waals surface area contributed by atoms with Crippen LogP contribution in [0, 0.1) is 0 Å². The minimum absolute atomic E-state index is 0.0547. The van der Waals surface area contributed by atoms with Crippen LogP contribution in [0.4, 0.5) is 5.95 Å². The highest BCUT2D eigenvalue weighted by atomic mass is 32.1. The Morgan fingerprint density at radius 1 is 1.44 bits per heavy atom. The van der Waals surface area contributed by atoms with Crippen LogP contribution in [0.15, 0.2) is 35.0 Å². The zero-order valence-corrected chi connectivity index (χ0v) is 16.2. The molecule has 1 atom stereocenters. The van der Waals surface area contributed by atoms with Crippen LogP contribution in [0.25, 0.3) is 5.57 Å². The molecule has 9 heteroatoms. The van der Waals surface area contributed by atoms with E-state index in [4.69, 9.17) is 5.73 Å². The van der Waals surface area contributed by atoms with Gasteiger partial charge in [0.25, 0.3) is 5.91 Å². The molecule has 1 saturated heterocycles. The number of rotatable bonds is 6. The molecule has 1 fully saturated rings. The maximum Gasteiger partial charge on any atom is 0.273 e. The van der Waals surface area contributed by atoms with Crippen LogP contribution < -0.4 is 11.1 Å². The van der Waals surface area contributed by atoms with Gasteiger partial charge >= 0.3 is 0 Å². The van der Waals surface area contributed by atoms with Gasteiger partial charge in [0.05, 0.1) is 0 Å². The Kier molecular flexibility index (Phi) is 6.25. The molecule has 0 radical (unpaired) electrons. The van der Waals surface area contributed by atoms with Gasteiger partial charge < -0.3 is 16.0 Å². The third-order valence-corrected chi connectivity index (χ3v) is 5.13. The second-order valence-corrected chi connectivity index (χ2v) is 7.28. The highest BCUT2D eigenvalue weighted by Gasteiger charge is 2.30. The lowest BCUT2D eigenvalue weighted by atomic mass is 10.1. The molecule has 1 amide bonds. The number of nitrogens with one attached hydrogen (secondary N) is 1. The fourth-order valence-electron chi connectivity index (χ4n) is 2.99. The van der Waals surface area contributed by atoms with E-state index >= 15 is 0 Å². The van der Waals surface area contributed by atoms with Crippen LogP contribution in [0.2, 0.25) is 0 Å². The van der Waals surface area contributed by atoms with Crippen molar-refractivity contribution in [3.63, 3.8) is 0 Å². The number of nitrogens with zero attached hydrogens (tertiary/aromatic N) is 5. The monoisotopic (exact) mass is 385 g/mol. The van der Waals surface area contributed by atoms with Crippen molar-refractivity contribution in [3.8, 4) is 0 Å². The average molecular weight is 385 g/mol. The van der Waals surface area contributed by atoms with Gasteiger partial charge in [0.15, 0.2) is 0 Å². The van der Waals surface area contributed by atoms with E-state index in [1.165, 1.54) is 17.5 Å². The number of thiazole rings is 1. The lowest BCUT2D eigenvalue weighted by Gasteiger charge is -2.31. The summed E-state index contributed by atoms with van der Waals surface area (Å²) in [5.74, 6) is 0.283. The van der Waals surface area contributed by atoms with Gasteiger partial charge in [-0.3, -0.25) is 4.79 Å². The Balaban J connectivity index is 1.78. The Morgan fingerprint density at radius 2 is 2.22 bits per heavy atom. The van der Waals surface area contributed by atoms with Crippen molar-refractivity contribution in [1.82, 2.24) is 25.2 Å². The number of hydrogen-bond donors (Lipinski definition) is 2. The summed E-state index contributed by atoms with van der Waals surface area (Å²) in [6, 6.07) is 2.02. The van der Waals surface area contributed by atoms with Crippen LogP contribution in [-0.2, 0) is 0 Å². The predicted molar refractivity (Wildman–Crippen MR) is 107 cm³/mol. The SMILES string of the molecule is CC(C)N(C(=O)c1csc(C(/C=N/c2ncccn2)=C/N)n1)[C@@H]1CCNC1. The first kappa shape index (κ1) is 19.1. The van der Waals surface area contributed by atoms with E-state index in [0.29, 0.717) is 22.2 Å². The van der Waals surface area contributed by atoms with Gasteiger partial charge in [0.1, 0.15) is 10.7 Å². The molecule has 142 valence electrons. The number of amides is 1. The molecule has 0 aromatic carbocycles. The Bertz CT molecular complexity index is 825. The first-order valence-electron chi connectivity index (χ1n) is 8.82. The average Bonchev–Trinajstić information content (AvgIpc) is 3.35. The van der Waals surface area contributed by atoms with Gasteiger partial charge in [0, 0.05) is 54.4 Å². The Morgan fingerprint density at radius 3 is 2.85 bits per heavy atom. The standard InChI is InChI=1S/C18H23N7OS/c1-12(2)25(14-4-7-20-10-14)17(26)15-11-27-16(24-15)13(8-19)9-23-18-21-5-3-6-22-18/h3,5-6,8-9,11-12,14,20H,4,7,10,19H2,1-2H3/b13-8+,23-9+/t14-/m1/s1. The number of aromatic nitrogens is 3. The summed E-state index contributed by atoms with van der Waals surface area (Å²) in [6.07, 6.45) is 7.16. The molecule has 8 nitrogen and oxygen atoms in total. The number of carbonyl (C=O) groups is 1. The molecule has 0 spiro atoms. The first-order valence-corrected chi connectivity index (χ1v) is 9.70. The van der Waals surface area contributed by atoms with Gasteiger partial charge in [-0.25, -0.2) is 19.9 Å². The smallest absolute Gasteiger partial charge is 0.273 e. The van der Waals surface area contributed by atoms with Gasteiger partial charge in [-0.1, -0.05) is 0 Å². The van der Waals surface area contributed by atoms with E-state index in [9.17, 15) is 4.79 Å². The minimum atomic E-state index is -0.0547. The molecule has 1 aliphatic rings. The molecular weight excluding hydrogens is 362 g/mol. The molecule has 0 aliphatic carbocycles. The van der Waals surface area contributed by atoms with Crippen molar-refractivity contribution < 1.29 is 4.79 Å². The maximum absolute atomic E-state index is 13.0. The first-order chi connectivity index (χ1) is 13.1. The van der Waals surface area contributed by atoms with E-state index in [0.717, 1.165) is 19.5 Å². The largest absolute Gasteiger partial charge is 0.404 e. The van der Waals surface area contributed by atoms with Crippen molar-refractivity contribution >= 4 is 35.0 Å². The second-order valence-electron chi connectivity index (χ2n) is 6.42. The van der Waals surface area contributed by atoms with E-state index in [1.807, 2.05) is 18.7 Å². The maximum atomic E-state index is 13.0. The summed E-state index contributed by atoms with van der Waals surface area (Å²) in [4.78, 5) is 31.7. The summed E-state index contributed by atoms with van der Waals surface area (Å²) in [5.41, 5.74) is 6.78. The van der Waals surface area contributed by atoms with Crippen LogP contribution >= 0.6 is 11.3 Å². The molecule has 2 aromatic heterocycles. The molecule has 0 saturated carbocycles. The van der Waals surface area contributed by atoms with Crippen molar-refractivity contribution in [3.05, 3.63) is 40.7 Å². The highest BCUT2D eigenvalue weighted by molar-refractivity contribution is 7.11. The third kappa shape index (κ3) is 4.55. The summed E-state index contributed by atoms with van der Waals surface area (Å²) >= 11 is 1.36. The summed E-state index contributed by atoms with van der Waals surface area (Å²) in [7, 11) is 0. The predicted octanol–water partition coefficient (Wildman–Crippen LogP) is 1.85. The molecule has 3 rings (SSSR count). The molecule has 3 heterocycles. The summed E-state index contributed by atoms with van der Waals surface area (Å²) < 4.78 is 0. The molecule has 1 aliphatic heterocycles. The van der Waals surface area contributed by atoms with Crippen LogP contribution in [0.1, 0.15) is 35.8 Å². The molecule has 27 heavy (non-hydrogen) atoms. The number of hydrogen-bond acceptors (Lipinski definition) is 8. The molecule has 0 bridgehead atoms. The van der Waals surface area contributed by atoms with Crippen LogP contribution in [-0.4, -0.2) is 57.1 Å². The fourth-order valence-corrected chi connectivity index (χ4v) is 3.78. The van der Waals surface area contributed by atoms with Crippen molar-refractivity contribution in [2.24, 2.45) is 10.7 Å². The number of aliphatic imine (C=N–C) groups is 1. The molecule has 3 N–H and O–H groups in total. The van der Waals surface area contributed by atoms with E-state index in [1.54, 1.807) is 30.1 Å². The summed E-state index contributed by atoms with van der Waals surface area (Å²) in [5, 5.41) is 5.72. The van der Waals surface area contributed by atoms with Gasteiger partial charge in [-0.2, -0.15) is 0 Å². The van der Waals surface area contributed by atoms with Crippen molar-refractivity contribution in [2.45, 2.75) is 32.4 Å². The topological polar surface area (TPSA) is 109 Å². The van der Waals surface area contributed by atoms with Crippen molar-refractivity contribution in [2.75, 3.05) is 13.1 Å². The second kappa shape index (κ2) is 8.83. The van der Waals surface area contributed by atoms with Gasteiger partial charge in [0.2, 0.25) is 5.95 Å². The van der Waals surface area contributed by atoms with E-state index < -0.39 is 0 Å². The van der Waals surface area contributed by atoms with Gasteiger partial charge in [-0.05, 0) is 32.9 Å². The number of nitrogens with two attached hydrogens (primary N) is 1. The highest BCUT2D eigenvalue weighted by Crippen LogP contribution is 2.22. The third-order valence-electron chi connectivity index (χ3n) is 4.24. The fraction of sp³-hybridized carbons (Fsp3) is 0.389. The van der Waals surface area contributed by atoms with Gasteiger partial charge in [-0.15, -0.1) is 11.3 Å². The quantitative estimate of drug-likeness (QED) is 0.735. The number of allylic oxidation sites excluding steroid dienone is 1. The zero-order valence-electron chi connectivity index (χ0n) is 15.4. The molecule has 2 aromatic rings. The lowest BCUT2D eigenvalue weighted by Crippen LogP contribution is -2.46. The van der Waals surface area contributed by atoms with Crippen LogP contribution in [0.5, 0.6) is 0 Å². The zero-order chi connectivity index (χ0) is 19.2. The molecule has 0 unspecified atom stereocenters. The summed E-state index contributed by atoms with van der Waals surface area (Å²) in [6.45, 7) is 5.81. The number of carbonyl (C=O) groups excluding carboxylic acids is 1. The Labute approximate surface area is 162 Å². The molecular formula is C18H23N7OS. The van der Waals surface area contributed by atoms with E-state index in [2.05, 4.69) is 25.3 Å². The Hall–Kier alpha value is -2.65. The van der Waals surface area contributed by atoms with Crippen molar-refractivity contribution in [1.29, 1.82) is 0 Å². The minimum Gasteiger partial charge on any atom is -0.404 e. The van der Waals surface area contributed by atoms with E-state index in [-0.39, 0.29) is 18.0 Å². The normalized spacial score (nSPS) is 17.7. The van der Waals surface area contributed by atoms with Crippen LogP contribution in [0.3, 0.4) is 0 Å².